The number of sulfonamides is 1. The van der Waals surface area contributed by atoms with Gasteiger partial charge in [-0.15, -0.1) is 0 Å². The topological polar surface area (TPSA) is 83.7 Å². The fourth-order valence-electron chi connectivity index (χ4n) is 2.37. The van der Waals surface area contributed by atoms with Crippen molar-refractivity contribution in [1.29, 1.82) is 0 Å². The molecule has 1 amide bonds. The number of benzene rings is 1. The van der Waals surface area contributed by atoms with Gasteiger partial charge in [-0.1, -0.05) is 0 Å². The second-order valence-electron chi connectivity index (χ2n) is 5.49. The summed E-state index contributed by atoms with van der Waals surface area (Å²) in [6.45, 7) is 0.842. The molecular formula is C14H21N3O3S. The second kappa shape index (κ2) is 6.13. The molecule has 0 aromatic heterocycles. The highest BCUT2D eigenvalue weighted by Crippen LogP contribution is 2.20. The van der Waals surface area contributed by atoms with Gasteiger partial charge in [0, 0.05) is 38.8 Å². The number of rotatable bonds is 3. The molecule has 0 saturated carbocycles. The number of nitrogens with two attached hydrogens (primary N) is 1. The molecule has 1 fully saturated rings. The second-order valence-corrected chi connectivity index (χ2v) is 7.43. The Morgan fingerprint density at radius 3 is 2.43 bits per heavy atom. The van der Waals surface area contributed by atoms with Crippen molar-refractivity contribution >= 4 is 15.9 Å². The Bertz CT molecular complexity index is 611. The summed E-state index contributed by atoms with van der Waals surface area (Å²) in [7, 11) is -0.219. The molecule has 1 unspecified atom stereocenters. The lowest BCUT2D eigenvalue weighted by atomic mass is 10.1. The van der Waals surface area contributed by atoms with Crippen molar-refractivity contribution < 1.29 is 13.2 Å². The minimum Gasteiger partial charge on any atom is -0.345 e. The molecule has 1 aromatic rings. The van der Waals surface area contributed by atoms with Crippen LogP contribution in [-0.2, 0) is 10.0 Å². The first-order valence-electron chi connectivity index (χ1n) is 6.90. The Morgan fingerprint density at radius 1 is 1.29 bits per heavy atom. The summed E-state index contributed by atoms with van der Waals surface area (Å²) in [6.07, 6.45) is 1.62. The molecule has 6 nitrogen and oxygen atoms in total. The Morgan fingerprint density at radius 2 is 1.90 bits per heavy atom. The van der Waals surface area contributed by atoms with Crippen molar-refractivity contribution in [2.24, 2.45) is 5.73 Å². The fourth-order valence-corrected chi connectivity index (χ4v) is 3.90. The average molecular weight is 311 g/mol. The highest BCUT2D eigenvalue weighted by Gasteiger charge is 2.28. The minimum atomic E-state index is -3.53. The van der Waals surface area contributed by atoms with E-state index in [0.717, 1.165) is 12.8 Å². The van der Waals surface area contributed by atoms with Crippen LogP contribution >= 0.6 is 0 Å². The number of piperidine rings is 1. The maximum absolute atomic E-state index is 12.5. The average Bonchev–Trinajstić information content (AvgIpc) is 2.46. The summed E-state index contributed by atoms with van der Waals surface area (Å²) in [4.78, 5) is 13.5. The first kappa shape index (κ1) is 15.9. The van der Waals surface area contributed by atoms with Gasteiger partial charge in [0.2, 0.25) is 10.0 Å². The van der Waals surface area contributed by atoms with Gasteiger partial charge in [0.25, 0.3) is 5.91 Å². The first-order chi connectivity index (χ1) is 9.82. The molecule has 21 heavy (non-hydrogen) atoms. The summed E-state index contributed by atoms with van der Waals surface area (Å²) in [6, 6.07) is 5.93. The van der Waals surface area contributed by atoms with Gasteiger partial charge in [-0.25, -0.2) is 8.42 Å². The zero-order valence-corrected chi connectivity index (χ0v) is 13.1. The van der Waals surface area contributed by atoms with E-state index in [0.29, 0.717) is 18.7 Å². The minimum absolute atomic E-state index is 0.108. The smallest absolute Gasteiger partial charge is 0.253 e. The number of hydrogen-bond acceptors (Lipinski definition) is 4. The van der Waals surface area contributed by atoms with Crippen LogP contribution in [0.4, 0.5) is 0 Å². The maximum atomic E-state index is 12.5. The van der Waals surface area contributed by atoms with E-state index in [2.05, 4.69) is 0 Å². The third-order valence-corrected chi connectivity index (χ3v) is 5.45. The molecule has 7 heteroatoms. The van der Waals surface area contributed by atoms with Crippen LogP contribution in [0, 0.1) is 0 Å². The van der Waals surface area contributed by atoms with Crippen molar-refractivity contribution in [3.8, 4) is 0 Å². The lowest BCUT2D eigenvalue weighted by Gasteiger charge is -2.29. The SMILES string of the molecule is CN(C)C(=O)c1ccc(S(=O)(=O)N2CCCC(N)C2)cc1. The fraction of sp³-hybridized carbons (Fsp3) is 0.500. The Labute approximate surface area is 125 Å². The molecule has 1 aromatic carbocycles. The summed E-state index contributed by atoms with van der Waals surface area (Å²) in [5.74, 6) is -0.154. The molecule has 116 valence electrons. The number of nitrogens with zero attached hydrogens (tertiary/aromatic N) is 2. The maximum Gasteiger partial charge on any atom is 0.253 e. The molecule has 1 heterocycles. The molecule has 0 aliphatic carbocycles. The van der Waals surface area contributed by atoms with E-state index in [4.69, 9.17) is 5.73 Å². The standard InChI is InChI=1S/C14H21N3O3S/c1-16(2)14(18)11-5-7-13(8-6-11)21(19,20)17-9-3-4-12(15)10-17/h5-8,12H,3-4,9-10,15H2,1-2H3. The lowest BCUT2D eigenvalue weighted by Crippen LogP contribution is -2.45. The Balaban J connectivity index is 2.23. The number of carbonyl (C=O) groups excluding carboxylic acids is 1. The van der Waals surface area contributed by atoms with Crippen LogP contribution in [-0.4, -0.2) is 56.8 Å². The van der Waals surface area contributed by atoms with Crippen LogP contribution in [0.2, 0.25) is 0 Å². The number of hydrogen-bond donors (Lipinski definition) is 1. The molecule has 1 saturated heterocycles. The van der Waals surface area contributed by atoms with Gasteiger partial charge >= 0.3 is 0 Å². The molecule has 2 rings (SSSR count). The van der Waals surface area contributed by atoms with E-state index in [1.54, 1.807) is 26.2 Å². The van der Waals surface area contributed by atoms with Crippen molar-refractivity contribution in [3.63, 3.8) is 0 Å². The van der Waals surface area contributed by atoms with Crippen LogP contribution in [0.5, 0.6) is 0 Å². The summed E-state index contributed by atoms with van der Waals surface area (Å²) in [5, 5.41) is 0. The molecule has 0 radical (unpaired) electrons. The number of carbonyl (C=O) groups is 1. The van der Waals surface area contributed by atoms with E-state index in [-0.39, 0.29) is 16.8 Å². The summed E-state index contributed by atoms with van der Waals surface area (Å²) in [5.41, 5.74) is 6.31. The number of amides is 1. The van der Waals surface area contributed by atoms with Gasteiger partial charge in [0.05, 0.1) is 4.90 Å². The van der Waals surface area contributed by atoms with E-state index in [1.807, 2.05) is 0 Å². The Kier molecular flexibility index (Phi) is 4.65. The molecule has 0 bridgehead atoms. The zero-order chi connectivity index (χ0) is 15.6. The highest BCUT2D eigenvalue weighted by molar-refractivity contribution is 7.89. The monoisotopic (exact) mass is 311 g/mol. The summed E-state index contributed by atoms with van der Waals surface area (Å²) >= 11 is 0. The predicted octanol–water partition coefficient (Wildman–Crippen LogP) is 0.500. The zero-order valence-electron chi connectivity index (χ0n) is 12.3. The highest BCUT2D eigenvalue weighted by atomic mass is 32.2. The van der Waals surface area contributed by atoms with Crippen molar-refractivity contribution in [1.82, 2.24) is 9.21 Å². The van der Waals surface area contributed by atoms with Gasteiger partial charge in [-0.05, 0) is 37.1 Å². The normalized spacial score (nSPS) is 20.2. The largest absolute Gasteiger partial charge is 0.345 e. The van der Waals surface area contributed by atoms with E-state index in [1.165, 1.54) is 21.3 Å². The quantitative estimate of drug-likeness (QED) is 0.881. The van der Waals surface area contributed by atoms with Crippen molar-refractivity contribution in [3.05, 3.63) is 29.8 Å². The molecular weight excluding hydrogens is 290 g/mol. The van der Waals surface area contributed by atoms with Crippen LogP contribution in [0.15, 0.2) is 29.2 Å². The van der Waals surface area contributed by atoms with Crippen LogP contribution in [0.25, 0.3) is 0 Å². The third-order valence-electron chi connectivity index (χ3n) is 3.57. The van der Waals surface area contributed by atoms with Crippen LogP contribution in [0.3, 0.4) is 0 Å². The first-order valence-corrected chi connectivity index (χ1v) is 8.34. The van der Waals surface area contributed by atoms with Gasteiger partial charge in [0.15, 0.2) is 0 Å². The predicted molar refractivity (Wildman–Crippen MR) is 80.4 cm³/mol. The summed E-state index contributed by atoms with van der Waals surface area (Å²) < 4.78 is 26.5. The van der Waals surface area contributed by atoms with Gasteiger partial charge in [-0.2, -0.15) is 4.31 Å². The van der Waals surface area contributed by atoms with Gasteiger partial charge in [0.1, 0.15) is 0 Å². The van der Waals surface area contributed by atoms with E-state index >= 15 is 0 Å². The lowest BCUT2D eigenvalue weighted by molar-refractivity contribution is 0.0827. The molecule has 1 aliphatic rings. The third kappa shape index (κ3) is 3.42. The molecule has 2 N–H and O–H groups in total. The van der Waals surface area contributed by atoms with Crippen LogP contribution < -0.4 is 5.73 Å². The van der Waals surface area contributed by atoms with Gasteiger partial charge < -0.3 is 10.6 Å². The molecule has 0 spiro atoms. The Hall–Kier alpha value is -1.44. The van der Waals surface area contributed by atoms with E-state index in [9.17, 15) is 13.2 Å². The van der Waals surface area contributed by atoms with Crippen molar-refractivity contribution in [2.45, 2.75) is 23.8 Å². The molecule has 1 aliphatic heterocycles. The molecule has 1 atom stereocenters. The van der Waals surface area contributed by atoms with Crippen LogP contribution in [0.1, 0.15) is 23.2 Å². The van der Waals surface area contributed by atoms with E-state index < -0.39 is 10.0 Å². The van der Waals surface area contributed by atoms with Crippen molar-refractivity contribution in [2.75, 3.05) is 27.2 Å². The van der Waals surface area contributed by atoms with Gasteiger partial charge in [-0.3, -0.25) is 4.79 Å².